The van der Waals surface area contributed by atoms with Crippen LogP contribution in [0.25, 0.3) is 0 Å². The number of benzene rings is 1. The number of hydrogen-bond acceptors (Lipinski definition) is 7. The lowest BCUT2D eigenvalue weighted by Gasteiger charge is -2.20. The summed E-state index contributed by atoms with van der Waals surface area (Å²) in [6, 6.07) is 6.56. The molecule has 0 saturated heterocycles. The van der Waals surface area contributed by atoms with Gasteiger partial charge in [0.25, 0.3) is 0 Å². The molecule has 152 valence electrons. The second-order valence-electron chi connectivity index (χ2n) is 6.51. The number of carbonyl (C=O) groups excluding carboxylic acids is 2. The Kier molecular flexibility index (Phi) is 6.98. The van der Waals surface area contributed by atoms with Crippen molar-refractivity contribution >= 4 is 22.0 Å². The summed E-state index contributed by atoms with van der Waals surface area (Å²) in [6.45, 7) is 4.90. The minimum absolute atomic E-state index is 0.0514. The number of methoxy groups -OCH3 is 1. The average molecular weight is 409 g/mol. The molecule has 8 nitrogen and oxygen atoms in total. The molecule has 0 spiro atoms. The fraction of sp³-hybridized carbons (Fsp3) is 0.368. The Bertz CT molecular complexity index is 929. The smallest absolute Gasteiger partial charge is 0.341 e. The van der Waals surface area contributed by atoms with Gasteiger partial charge in [0, 0.05) is 0 Å². The Hall–Kier alpha value is -2.65. The van der Waals surface area contributed by atoms with Crippen LogP contribution in [0.4, 0.5) is 0 Å². The van der Waals surface area contributed by atoms with Gasteiger partial charge in [-0.1, -0.05) is 31.5 Å². The first kappa shape index (κ1) is 21.6. The van der Waals surface area contributed by atoms with Gasteiger partial charge in [0.05, 0.1) is 18.3 Å². The Balaban J connectivity index is 2.11. The fourth-order valence-electron chi connectivity index (χ4n) is 2.38. The third kappa shape index (κ3) is 5.20. The number of furan rings is 1. The van der Waals surface area contributed by atoms with Crippen molar-refractivity contribution in [3.05, 3.63) is 53.5 Å². The van der Waals surface area contributed by atoms with Crippen molar-refractivity contribution in [2.24, 2.45) is 5.92 Å². The molecule has 2 aromatic rings. The topological polar surface area (TPSA) is 112 Å². The lowest BCUT2D eigenvalue weighted by atomic mass is 10.1. The minimum Gasteiger partial charge on any atom is -0.465 e. The molecule has 1 aromatic carbocycles. The maximum Gasteiger partial charge on any atom is 0.341 e. The molecule has 0 aliphatic heterocycles. The van der Waals surface area contributed by atoms with Crippen molar-refractivity contribution in [1.29, 1.82) is 0 Å². The number of ether oxygens (including phenoxy) is 2. The van der Waals surface area contributed by atoms with Crippen LogP contribution >= 0.6 is 0 Å². The van der Waals surface area contributed by atoms with Crippen LogP contribution in [0.15, 0.2) is 45.9 Å². The van der Waals surface area contributed by atoms with Crippen LogP contribution in [-0.2, 0) is 30.9 Å². The molecule has 1 N–H and O–H groups in total. The summed E-state index contributed by atoms with van der Waals surface area (Å²) in [5.74, 6) is -1.66. The molecule has 2 rings (SSSR count). The van der Waals surface area contributed by atoms with Crippen molar-refractivity contribution in [2.45, 2.75) is 38.3 Å². The van der Waals surface area contributed by atoms with Gasteiger partial charge >= 0.3 is 11.9 Å². The summed E-state index contributed by atoms with van der Waals surface area (Å²) in [5, 5.41) is 0. The van der Waals surface area contributed by atoms with Gasteiger partial charge in [-0.05, 0) is 31.0 Å². The number of sulfonamides is 1. The molecule has 0 saturated carbocycles. The maximum absolute atomic E-state index is 12.6. The number of esters is 2. The number of hydrogen-bond donors (Lipinski definition) is 1. The molecule has 0 aliphatic carbocycles. The lowest BCUT2D eigenvalue weighted by molar-refractivity contribution is -0.148. The number of carbonyl (C=O) groups is 2. The largest absolute Gasteiger partial charge is 0.465 e. The summed E-state index contributed by atoms with van der Waals surface area (Å²) in [4.78, 5) is 24.2. The summed E-state index contributed by atoms with van der Waals surface area (Å²) in [7, 11) is -2.69. The Morgan fingerprint density at radius 3 is 2.36 bits per heavy atom. The van der Waals surface area contributed by atoms with Crippen LogP contribution in [0.1, 0.15) is 35.5 Å². The number of rotatable bonds is 8. The number of aryl methyl sites for hydroxylation is 1. The summed E-state index contributed by atoms with van der Waals surface area (Å²) < 4.78 is 42.5. The van der Waals surface area contributed by atoms with Gasteiger partial charge in [-0.15, -0.1) is 0 Å². The Morgan fingerprint density at radius 1 is 1.14 bits per heavy atom. The van der Waals surface area contributed by atoms with Gasteiger partial charge in [-0.2, -0.15) is 4.72 Å². The molecule has 1 unspecified atom stereocenters. The summed E-state index contributed by atoms with van der Waals surface area (Å²) >= 11 is 0. The fourth-order valence-corrected chi connectivity index (χ4v) is 3.71. The van der Waals surface area contributed by atoms with Crippen LogP contribution in [0.5, 0.6) is 0 Å². The maximum atomic E-state index is 12.6. The predicted molar refractivity (Wildman–Crippen MR) is 100.0 cm³/mol. The van der Waals surface area contributed by atoms with E-state index in [1.165, 1.54) is 31.6 Å². The highest BCUT2D eigenvalue weighted by Crippen LogP contribution is 2.16. The van der Waals surface area contributed by atoms with E-state index in [1.54, 1.807) is 26.0 Å². The van der Waals surface area contributed by atoms with Gasteiger partial charge in [-0.3, -0.25) is 4.79 Å². The van der Waals surface area contributed by atoms with E-state index in [0.29, 0.717) is 0 Å². The molecule has 28 heavy (non-hydrogen) atoms. The third-order valence-corrected chi connectivity index (χ3v) is 5.49. The first-order valence-electron chi connectivity index (χ1n) is 8.56. The quantitative estimate of drug-likeness (QED) is 0.666. The second kappa shape index (κ2) is 9.03. The molecule has 0 amide bonds. The molecular formula is C19H23NO7S. The van der Waals surface area contributed by atoms with E-state index in [2.05, 4.69) is 9.46 Å². The zero-order valence-electron chi connectivity index (χ0n) is 16.1. The van der Waals surface area contributed by atoms with Crippen LogP contribution in [0, 0.1) is 12.8 Å². The first-order chi connectivity index (χ1) is 13.2. The standard InChI is InChI=1S/C19H23NO7S/c1-12(2)17(20-28(23,24)14-7-5-13(3)6-8-14)19(22)27-11-16-15(9-10-26-16)18(21)25-4/h5-10,12,17,20H,11H2,1-4H3. The highest BCUT2D eigenvalue weighted by atomic mass is 32.2. The third-order valence-electron chi connectivity index (χ3n) is 4.03. The van der Waals surface area contributed by atoms with E-state index in [9.17, 15) is 18.0 Å². The zero-order valence-corrected chi connectivity index (χ0v) is 16.9. The number of nitrogens with one attached hydrogen (secondary N) is 1. The van der Waals surface area contributed by atoms with Crippen LogP contribution < -0.4 is 4.72 Å². The van der Waals surface area contributed by atoms with E-state index in [4.69, 9.17) is 9.15 Å². The molecular weight excluding hydrogens is 386 g/mol. The van der Waals surface area contributed by atoms with Crippen LogP contribution in [0.2, 0.25) is 0 Å². The van der Waals surface area contributed by atoms with E-state index in [1.807, 2.05) is 6.92 Å². The highest BCUT2D eigenvalue weighted by Gasteiger charge is 2.30. The predicted octanol–water partition coefficient (Wildman–Crippen LogP) is 2.42. The van der Waals surface area contributed by atoms with Gasteiger partial charge in [0.15, 0.2) is 5.76 Å². The lowest BCUT2D eigenvalue weighted by Crippen LogP contribution is -2.45. The van der Waals surface area contributed by atoms with E-state index in [-0.39, 0.29) is 28.7 Å². The monoisotopic (exact) mass is 409 g/mol. The molecule has 0 fully saturated rings. The first-order valence-corrected chi connectivity index (χ1v) is 10.0. The van der Waals surface area contributed by atoms with E-state index < -0.39 is 28.0 Å². The van der Waals surface area contributed by atoms with Crippen molar-refractivity contribution in [2.75, 3.05) is 7.11 Å². The van der Waals surface area contributed by atoms with E-state index >= 15 is 0 Å². The highest BCUT2D eigenvalue weighted by molar-refractivity contribution is 7.89. The Morgan fingerprint density at radius 2 is 1.79 bits per heavy atom. The average Bonchev–Trinajstić information content (AvgIpc) is 3.12. The second-order valence-corrected chi connectivity index (χ2v) is 8.23. The van der Waals surface area contributed by atoms with Crippen molar-refractivity contribution in [3.63, 3.8) is 0 Å². The van der Waals surface area contributed by atoms with Crippen molar-refractivity contribution < 1.29 is 31.9 Å². The van der Waals surface area contributed by atoms with Crippen LogP contribution in [-0.4, -0.2) is 33.5 Å². The zero-order chi connectivity index (χ0) is 20.9. The van der Waals surface area contributed by atoms with Crippen molar-refractivity contribution in [1.82, 2.24) is 4.72 Å². The normalized spacial score (nSPS) is 12.6. The van der Waals surface area contributed by atoms with Gasteiger partial charge in [0.2, 0.25) is 10.0 Å². The molecule has 0 bridgehead atoms. The molecule has 1 atom stereocenters. The summed E-state index contributed by atoms with van der Waals surface area (Å²) in [5.41, 5.74) is 1.05. The Labute approximate surface area is 163 Å². The molecule has 0 aliphatic rings. The van der Waals surface area contributed by atoms with Gasteiger partial charge in [0.1, 0.15) is 18.2 Å². The SMILES string of the molecule is COC(=O)c1ccoc1COC(=O)C(NS(=O)(=O)c1ccc(C)cc1)C(C)C. The molecule has 9 heteroatoms. The van der Waals surface area contributed by atoms with E-state index in [0.717, 1.165) is 5.56 Å². The van der Waals surface area contributed by atoms with Gasteiger partial charge < -0.3 is 13.9 Å². The molecule has 0 radical (unpaired) electrons. The van der Waals surface area contributed by atoms with Crippen molar-refractivity contribution in [3.8, 4) is 0 Å². The minimum atomic E-state index is -3.91. The molecule has 1 heterocycles. The molecule has 1 aromatic heterocycles. The van der Waals surface area contributed by atoms with Crippen LogP contribution in [0.3, 0.4) is 0 Å². The summed E-state index contributed by atoms with van der Waals surface area (Å²) in [6.07, 6.45) is 1.27. The van der Waals surface area contributed by atoms with Gasteiger partial charge in [-0.25, -0.2) is 13.2 Å².